The highest BCUT2D eigenvalue weighted by atomic mass is 35.5. The topological polar surface area (TPSA) is 12.0 Å². The zero-order valence-corrected chi connectivity index (χ0v) is 9.94. The number of benzene rings is 1. The average Bonchev–Trinajstić information content (AvgIpc) is 2.20. The molecule has 0 saturated heterocycles. The summed E-state index contributed by atoms with van der Waals surface area (Å²) in [4.78, 5) is 0. The molecule has 1 rings (SSSR count). The Morgan fingerprint density at radius 2 is 2.20 bits per heavy atom. The van der Waals surface area contributed by atoms with Gasteiger partial charge >= 0.3 is 0 Å². The quantitative estimate of drug-likeness (QED) is 0.816. The molecule has 1 aromatic carbocycles. The second-order valence-corrected chi connectivity index (χ2v) is 4.23. The number of halogens is 2. The lowest BCUT2D eigenvalue weighted by Crippen LogP contribution is -2.28. The van der Waals surface area contributed by atoms with Gasteiger partial charge in [0.15, 0.2) is 0 Å². The van der Waals surface area contributed by atoms with Crippen molar-refractivity contribution in [3.63, 3.8) is 0 Å². The Morgan fingerprint density at radius 3 is 2.87 bits per heavy atom. The van der Waals surface area contributed by atoms with E-state index in [1.165, 1.54) is 6.07 Å². The van der Waals surface area contributed by atoms with Crippen LogP contribution in [0.5, 0.6) is 0 Å². The van der Waals surface area contributed by atoms with Gasteiger partial charge in [0.25, 0.3) is 0 Å². The summed E-state index contributed by atoms with van der Waals surface area (Å²) in [5.41, 5.74) is 0.679. The van der Waals surface area contributed by atoms with Gasteiger partial charge in [-0.15, -0.1) is 0 Å². The molecule has 0 fully saturated rings. The molecule has 1 unspecified atom stereocenters. The molecule has 0 aromatic heterocycles. The molecular weight excluding hydrogens is 213 g/mol. The third kappa shape index (κ3) is 4.18. The molecular formula is C12H17ClFN. The van der Waals surface area contributed by atoms with Crippen molar-refractivity contribution in [1.82, 2.24) is 5.32 Å². The fourth-order valence-corrected chi connectivity index (χ4v) is 1.69. The molecule has 0 saturated carbocycles. The summed E-state index contributed by atoms with van der Waals surface area (Å²) in [7, 11) is 0. The minimum Gasteiger partial charge on any atom is -0.314 e. The molecule has 0 aliphatic heterocycles. The first-order chi connectivity index (χ1) is 7.13. The highest BCUT2D eigenvalue weighted by molar-refractivity contribution is 6.30. The molecule has 0 heterocycles. The molecule has 1 atom stereocenters. The predicted octanol–water partition coefficient (Wildman–Crippen LogP) is 3.41. The van der Waals surface area contributed by atoms with Gasteiger partial charge in [-0.05, 0) is 50.1 Å². The average molecular weight is 230 g/mol. The van der Waals surface area contributed by atoms with Gasteiger partial charge in [-0.1, -0.05) is 18.5 Å². The molecule has 0 amide bonds. The van der Waals surface area contributed by atoms with E-state index in [4.69, 9.17) is 11.6 Å². The summed E-state index contributed by atoms with van der Waals surface area (Å²) in [5, 5.41) is 3.91. The van der Waals surface area contributed by atoms with Crippen LogP contribution in [0.3, 0.4) is 0 Å². The van der Waals surface area contributed by atoms with Gasteiger partial charge in [-0.3, -0.25) is 0 Å². The van der Waals surface area contributed by atoms with Gasteiger partial charge < -0.3 is 5.32 Å². The van der Waals surface area contributed by atoms with E-state index >= 15 is 0 Å². The number of hydrogen-bond donors (Lipinski definition) is 1. The molecule has 0 radical (unpaired) electrons. The number of nitrogens with one attached hydrogen (secondary N) is 1. The smallest absolute Gasteiger partial charge is 0.126 e. The summed E-state index contributed by atoms with van der Waals surface area (Å²) in [5.74, 6) is -0.176. The Labute approximate surface area is 95.6 Å². The van der Waals surface area contributed by atoms with E-state index in [0.717, 1.165) is 13.0 Å². The van der Waals surface area contributed by atoms with Crippen LogP contribution in [0, 0.1) is 5.82 Å². The first kappa shape index (κ1) is 12.5. The van der Waals surface area contributed by atoms with Crippen LogP contribution >= 0.6 is 11.6 Å². The van der Waals surface area contributed by atoms with Crippen molar-refractivity contribution >= 4 is 11.6 Å². The van der Waals surface area contributed by atoms with Gasteiger partial charge in [0.1, 0.15) is 5.82 Å². The highest BCUT2D eigenvalue weighted by Crippen LogP contribution is 2.16. The molecule has 0 bridgehead atoms. The van der Waals surface area contributed by atoms with E-state index < -0.39 is 0 Å². The lowest BCUT2D eigenvalue weighted by molar-refractivity contribution is 0.525. The van der Waals surface area contributed by atoms with Crippen molar-refractivity contribution in [2.75, 3.05) is 6.54 Å². The fourth-order valence-electron chi connectivity index (χ4n) is 1.49. The lowest BCUT2D eigenvalue weighted by atomic mass is 10.1. The zero-order valence-electron chi connectivity index (χ0n) is 9.19. The van der Waals surface area contributed by atoms with E-state index in [0.29, 0.717) is 17.0 Å². The van der Waals surface area contributed by atoms with E-state index in [-0.39, 0.29) is 11.9 Å². The SMILES string of the molecule is CCCNC(C)Cc1cc(Cl)ccc1F. The third-order valence-corrected chi connectivity index (χ3v) is 2.51. The molecule has 15 heavy (non-hydrogen) atoms. The Balaban J connectivity index is 2.59. The first-order valence-corrected chi connectivity index (χ1v) is 5.68. The van der Waals surface area contributed by atoms with E-state index in [1.54, 1.807) is 12.1 Å². The summed E-state index contributed by atoms with van der Waals surface area (Å²) in [6, 6.07) is 4.97. The summed E-state index contributed by atoms with van der Waals surface area (Å²) < 4.78 is 13.4. The predicted molar refractivity (Wildman–Crippen MR) is 62.9 cm³/mol. The van der Waals surface area contributed by atoms with Crippen molar-refractivity contribution in [2.45, 2.75) is 32.7 Å². The van der Waals surface area contributed by atoms with Crippen LogP contribution in [0.25, 0.3) is 0 Å². The van der Waals surface area contributed by atoms with Gasteiger partial charge in [0.2, 0.25) is 0 Å². The Kier molecular flexibility index (Phi) is 5.06. The second-order valence-electron chi connectivity index (χ2n) is 3.80. The van der Waals surface area contributed by atoms with Gasteiger partial charge in [0.05, 0.1) is 0 Å². The van der Waals surface area contributed by atoms with Gasteiger partial charge in [0, 0.05) is 11.1 Å². The van der Waals surface area contributed by atoms with Crippen LogP contribution in [0.1, 0.15) is 25.8 Å². The minimum absolute atomic E-state index is 0.176. The first-order valence-electron chi connectivity index (χ1n) is 5.30. The zero-order chi connectivity index (χ0) is 11.3. The van der Waals surface area contributed by atoms with Crippen LogP contribution in [0.15, 0.2) is 18.2 Å². The third-order valence-electron chi connectivity index (χ3n) is 2.28. The molecule has 1 aromatic rings. The summed E-state index contributed by atoms with van der Waals surface area (Å²) in [6.45, 7) is 5.12. The normalized spacial score (nSPS) is 12.8. The molecule has 1 nitrogen and oxygen atoms in total. The summed E-state index contributed by atoms with van der Waals surface area (Å²) in [6.07, 6.45) is 1.76. The van der Waals surface area contributed by atoms with Crippen molar-refractivity contribution in [2.24, 2.45) is 0 Å². The van der Waals surface area contributed by atoms with Crippen molar-refractivity contribution < 1.29 is 4.39 Å². The largest absolute Gasteiger partial charge is 0.314 e. The molecule has 0 aliphatic carbocycles. The number of hydrogen-bond acceptors (Lipinski definition) is 1. The van der Waals surface area contributed by atoms with E-state index in [9.17, 15) is 4.39 Å². The Hall–Kier alpha value is -0.600. The fraction of sp³-hybridized carbons (Fsp3) is 0.500. The van der Waals surface area contributed by atoms with Crippen molar-refractivity contribution in [3.05, 3.63) is 34.6 Å². The van der Waals surface area contributed by atoms with Crippen LogP contribution < -0.4 is 5.32 Å². The van der Waals surface area contributed by atoms with Crippen LogP contribution in [-0.2, 0) is 6.42 Å². The Bertz CT molecular complexity index is 314. The molecule has 0 aliphatic rings. The lowest BCUT2D eigenvalue weighted by Gasteiger charge is -2.13. The molecule has 3 heteroatoms. The van der Waals surface area contributed by atoms with Crippen molar-refractivity contribution in [3.8, 4) is 0 Å². The van der Waals surface area contributed by atoms with Gasteiger partial charge in [-0.25, -0.2) is 4.39 Å². The maximum absolute atomic E-state index is 13.4. The number of rotatable bonds is 5. The highest BCUT2D eigenvalue weighted by Gasteiger charge is 2.07. The maximum atomic E-state index is 13.4. The maximum Gasteiger partial charge on any atom is 0.126 e. The standard InChI is InChI=1S/C12H17ClFN/c1-3-6-15-9(2)7-10-8-11(13)4-5-12(10)14/h4-5,8-9,15H,3,6-7H2,1-2H3. The monoisotopic (exact) mass is 229 g/mol. The van der Waals surface area contributed by atoms with Crippen LogP contribution in [-0.4, -0.2) is 12.6 Å². The second kappa shape index (κ2) is 6.09. The van der Waals surface area contributed by atoms with Crippen molar-refractivity contribution in [1.29, 1.82) is 0 Å². The Morgan fingerprint density at radius 1 is 1.47 bits per heavy atom. The van der Waals surface area contributed by atoms with Crippen LogP contribution in [0.4, 0.5) is 4.39 Å². The summed E-state index contributed by atoms with van der Waals surface area (Å²) >= 11 is 5.82. The molecule has 0 spiro atoms. The van der Waals surface area contributed by atoms with Crippen LogP contribution in [0.2, 0.25) is 5.02 Å². The van der Waals surface area contributed by atoms with E-state index in [1.807, 2.05) is 0 Å². The minimum atomic E-state index is -0.176. The van der Waals surface area contributed by atoms with E-state index in [2.05, 4.69) is 19.2 Å². The van der Waals surface area contributed by atoms with Gasteiger partial charge in [-0.2, -0.15) is 0 Å². The molecule has 1 N–H and O–H groups in total. The molecule has 84 valence electrons.